The smallest absolute Gasteiger partial charge is 0.404 e. The van der Waals surface area contributed by atoms with Gasteiger partial charge >= 0.3 is 6.09 Å². The maximum absolute atomic E-state index is 11.3. The molecule has 1 amide bonds. The number of amides is 1. The van der Waals surface area contributed by atoms with Crippen LogP contribution in [0, 0.1) is 45.8 Å². The number of allylic oxidation sites excluding steroid dienone is 1. The number of rotatable bonds is 6. The summed E-state index contributed by atoms with van der Waals surface area (Å²) in [7, 11) is 0. The Balaban J connectivity index is 1.52. The third-order valence-electron chi connectivity index (χ3n) is 11.1. The molecule has 3 fully saturated rings. The van der Waals surface area contributed by atoms with Crippen LogP contribution in [0.3, 0.4) is 0 Å². The van der Waals surface area contributed by atoms with E-state index in [1.807, 2.05) is 0 Å². The second-order valence-electron chi connectivity index (χ2n) is 13.3. The van der Waals surface area contributed by atoms with Gasteiger partial charge in [-0.3, -0.25) is 0 Å². The molecule has 0 spiro atoms. The van der Waals surface area contributed by atoms with Crippen molar-refractivity contribution in [2.75, 3.05) is 0 Å². The van der Waals surface area contributed by atoms with Crippen molar-refractivity contribution in [3.63, 3.8) is 0 Å². The van der Waals surface area contributed by atoms with Crippen LogP contribution in [-0.2, 0) is 4.74 Å². The Bertz CT molecular complexity index is 743. The van der Waals surface area contributed by atoms with Gasteiger partial charge < -0.3 is 10.5 Å². The van der Waals surface area contributed by atoms with Gasteiger partial charge in [-0.25, -0.2) is 4.79 Å². The lowest BCUT2D eigenvalue weighted by atomic mass is 9.41. The van der Waals surface area contributed by atoms with E-state index in [0.717, 1.165) is 48.9 Å². The van der Waals surface area contributed by atoms with Gasteiger partial charge in [0.25, 0.3) is 0 Å². The zero-order chi connectivity index (χ0) is 23.3. The summed E-state index contributed by atoms with van der Waals surface area (Å²) in [5, 5.41) is 0. The van der Waals surface area contributed by atoms with Crippen LogP contribution in [0.15, 0.2) is 11.6 Å². The topological polar surface area (TPSA) is 52.3 Å². The first-order chi connectivity index (χ1) is 15.0. The van der Waals surface area contributed by atoms with Crippen LogP contribution in [0.5, 0.6) is 0 Å². The molecule has 4 aliphatic rings. The summed E-state index contributed by atoms with van der Waals surface area (Å²) >= 11 is 0. The van der Waals surface area contributed by atoms with Crippen LogP contribution >= 0.6 is 0 Å². The predicted octanol–water partition coefficient (Wildman–Crippen LogP) is 7.88. The molecular weight excluding hydrogens is 394 g/mol. The number of primary amides is 1. The predicted molar refractivity (Wildman–Crippen MR) is 132 cm³/mol. The quantitative estimate of drug-likeness (QED) is 0.424. The van der Waals surface area contributed by atoms with Crippen molar-refractivity contribution < 1.29 is 9.53 Å². The van der Waals surface area contributed by atoms with Gasteiger partial charge in [0.05, 0.1) is 0 Å². The van der Waals surface area contributed by atoms with Crippen LogP contribution < -0.4 is 5.73 Å². The van der Waals surface area contributed by atoms with Crippen LogP contribution in [-0.4, -0.2) is 12.2 Å². The average molecular weight is 444 g/mol. The summed E-state index contributed by atoms with van der Waals surface area (Å²) < 4.78 is 5.42. The van der Waals surface area contributed by atoms with Gasteiger partial charge in [-0.2, -0.15) is 0 Å². The molecule has 3 saturated carbocycles. The second-order valence-corrected chi connectivity index (χ2v) is 13.3. The zero-order valence-electron chi connectivity index (χ0n) is 21.7. The van der Waals surface area contributed by atoms with Crippen molar-refractivity contribution >= 4 is 6.09 Å². The highest BCUT2D eigenvalue weighted by Crippen LogP contribution is 2.72. The number of carbonyl (C=O) groups excluding carboxylic acids is 1. The minimum atomic E-state index is -0.618. The third kappa shape index (κ3) is 3.94. The molecule has 8 atom stereocenters. The number of hydrogen-bond acceptors (Lipinski definition) is 2. The van der Waals surface area contributed by atoms with Crippen molar-refractivity contribution in [3.05, 3.63) is 11.6 Å². The van der Waals surface area contributed by atoms with Gasteiger partial charge in [0, 0.05) is 6.42 Å². The van der Waals surface area contributed by atoms with E-state index < -0.39 is 6.09 Å². The third-order valence-corrected chi connectivity index (χ3v) is 11.1. The van der Waals surface area contributed by atoms with Gasteiger partial charge in [-0.15, -0.1) is 0 Å². The number of ether oxygens (including phenoxy) is 1. The minimum Gasteiger partial charge on any atom is -0.446 e. The van der Waals surface area contributed by atoms with E-state index in [9.17, 15) is 4.79 Å². The van der Waals surface area contributed by atoms with Crippen LogP contribution in [0.25, 0.3) is 0 Å². The molecule has 4 rings (SSSR count). The summed E-state index contributed by atoms with van der Waals surface area (Å²) in [5.74, 6) is 4.19. The standard InChI is InChI=1S/C29H49NO2/c1-19(2)8-7-9-20(3)23-10-11-24-28(23,5)17-14-25-27(4)16-13-22(32-26(30)31)18-21(27)12-15-29(24,25)6/h12,19-20,22-25H,7-11,13-18H2,1-6H3,(H2,30,31)/t20?,22-,23+,24?,25?,27-,28+,29+/m0/s1. The normalized spacial score (nSPS) is 44.3. The minimum absolute atomic E-state index is 0.0208. The van der Waals surface area contributed by atoms with Crippen molar-refractivity contribution in [1.82, 2.24) is 0 Å². The van der Waals surface area contributed by atoms with Crippen LogP contribution in [0.4, 0.5) is 4.79 Å². The molecule has 0 aromatic rings. The SMILES string of the molecule is CC(C)CCCC(C)[C@H]1CCC2[C@@]3(C)CC=C4C[C@@H](OC(N)=O)CC[C@]4(C)C3CC[C@@]21C. The molecule has 3 nitrogen and oxygen atoms in total. The Morgan fingerprint density at radius 1 is 1.03 bits per heavy atom. The first-order valence-electron chi connectivity index (χ1n) is 13.7. The Morgan fingerprint density at radius 2 is 1.78 bits per heavy atom. The lowest BCUT2D eigenvalue weighted by Gasteiger charge is -2.63. The molecule has 2 N–H and O–H groups in total. The van der Waals surface area contributed by atoms with Gasteiger partial charge in [0.1, 0.15) is 6.10 Å². The van der Waals surface area contributed by atoms with E-state index in [2.05, 4.69) is 47.6 Å². The highest BCUT2D eigenvalue weighted by atomic mass is 16.6. The van der Waals surface area contributed by atoms with E-state index in [4.69, 9.17) is 10.5 Å². The number of hydrogen-bond donors (Lipinski definition) is 1. The molecule has 182 valence electrons. The van der Waals surface area contributed by atoms with E-state index in [1.54, 1.807) is 5.57 Å². The van der Waals surface area contributed by atoms with Gasteiger partial charge in [0.2, 0.25) is 0 Å². The molecule has 0 aromatic heterocycles. The fraction of sp³-hybridized carbons (Fsp3) is 0.897. The zero-order valence-corrected chi connectivity index (χ0v) is 21.7. The molecule has 4 aliphatic carbocycles. The van der Waals surface area contributed by atoms with Crippen LogP contribution in [0.1, 0.15) is 112 Å². The molecule has 0 bridgehead atoms. The summed E-state index contributed by atoms with van der Waals surface area (Å²) in [4.78, 5) is 11.3. The van der Waals surface area contributed by atoms with E-state index in [-0.39, 0.29) is 11.5 Å². The van der Waals surface area contributed by atoms with E-state index in [0.29, 0.717) is 10.8 Å². The van der Waals surface area contributed by atoms with Crippen molar-refractivity contribution in [2.45, 2.75) is 118 Å². The Labute approximate surface area is 197 Å². The Kier molecular flexibility index (Phi) is 6.53. The molecule has 0 aliphatic heterocycles. The largest absolute Gasteiger partial charge is 0.446 e. The maximum Gasteiger partial charge on any atom is 0.404 e. The number of carbonyl (C=O) groups is 1. The van der Waals surface area contributed by atoms with Crippen molar-refractivity contribution in [3.8, 4) is 0 Å². The average Bonchev–Trinajstić information content (AvgIpc) is 3.06. The summed E-state index contributed by atoms with van der Waals surface area (Å²) in [6.45, 7) is 15.1. The van der Waals surface area contributed by atoms with Crippen molar-refractivity contribution in [2.24, 2.45) is 51.6 Å². The number of nitrogens with two attached hydrogens (primary N) is 1. The highest BCUT2D eigenvalue weighted by molar-refractivity contribution is 5.64. The summed E-state index contributed by atoms with van der Waals surface area (Å²) in [6, 6.07) is 0. The highest BCUT2D eigenvalue weighted by Gasteiger charge is 2.64. The van der Waals surface area contributed by atoms with Crippen LogP contribution in [0.2, 0.25) is 0 Å². The lowest BCUT2D eigenvalue weighted by Crippen LogP contribution is -2.56. The fourth-order valence-electron chi connectivity index (χ4n) is 9.57. The van der Waals surface area contributed by atoms with Crippen molar-refractivity contribution in [1.29, 1.82) is 0 Å². The number of fused-ring (bicyclic) bond motifs is 5. The fourth-order valence-corrected chi connectivity index (χ4v) is 9.57. The molecule has 3 unspecified atom stereocenters. The molecular formula is C29H49NO2. The van der Waals surface area contributed by atoms with Gasteiger partial charge in [-0.05, 0) is 90.8 Å². The Morgan fingerprint density at radius 3 is 2.47 bits per heavy atom. The van der Waals surface area contributed by atoms with Gasteiger partial charge in [0.15, 0.2) is 0 Å². The monoisotopic (exact) mass is 443 g/mol. The first kappa shape index (κ1) is 24.1. The van der Waals surface area contributed by atoms with E-state index in [1.165, 1.54) is 51.4 Å². The molecule has 0 heterocycles. The van der Waals surface area contributed by atoms with E-state index >= 15 is 0 Å². The molecule has 32 heavy (non-hydrogen) atoms. The summed E-state index contributed by atoms with van der Waals surface area (Å²) in [6.07, 6.45) is 15.9. The maximum atomic E-state index is 11.3. The Hall–Kier alpha value is -0.990. The molecule has 0 radical (unpaired) electrons. The molecule has 0 saturated heterocycles. The second kappa shape index (κ2) is 8.66. The lowest BCUT2D eigenvalue weighted by molar-refractivity contribution is -0.114. The molecule has 0 aromatic carbocycles. The molecule has 3 heteroatoms. The summed E-state index contributed by atoms with van der Waals surface area (Å²) in [5.41, 5.74) is 8.07. The first-order valence-corrected chi connectivity index (χ1v) is 13.7. The van der Waals surface area contributed by atoms with Gasteiger partial charge in [-0.1, -0.05) is 72.5 Å².